The molecule has 19 heavy (non-hydrogen) atoms. The molecule has 1 nitrogen and oxygen atoms in total. The minimum Gasteiger partial charge on any atom is -0.288 e. The molecule has 0 aromatic heterocycles. The van der Waals surface area contributed by atoms with E-state index in [1.165, 1.54) is 18.2 Å². The Hall–Kier alpha value is -0.780. The summed E-state index contributed by atoms with van der Waals surface area (Å²) in [6, 6.07) is 6.37. The van der Waals surface area contributed by atoms with Gasteiger partial charge < -0.3 is 0 Å². The zero-order chi connectivity index (χ0) is 14.2. The molecule has 0 bridgehead atoms. The molecule has 0 N–H and O–H groups in total. The van der Waals surface area contributed by atoms with E-state index in [-0.39, 0.29) is 20.6 Å². The van der Waals surface area contributed by atoms with Crippen LogP contribution >= 0.6 is 43.5 Å². The topological polar surface area (TPSA) is 17.1 Å². The zero-order valence-corrected chi connectivity index (χ0v) is 13.1. The van der Waals surface area contributed by atoms with Crippen LogP contribution in [0.25, 0.3) is 0 Å². The fourth-order valence-electron chi connectivity index (χ4n) is 1.52. The molecular weight excluding hydrogens is 405 g/mol. The number of benzene rings is 2. The van der Waals surface area contributed by atoms with Crippen molar-refractivity contribution in [2.75, 3.05) is 0 Å². The van der Waals surface area contributed by atoms with Crippen molar-refractivity contribution in [2.24, 2.45) is 0 Å². The van der Waals surface area contributed by atoms with E-state index in [4.69, 9.17) is 11.6 Å². The predicted molar refractivity (Wildman–Crippen MR) is 76.6 cm³/mol. The molecule has 2 aromatic carbocycles. The quantitative estimate of drug-likeness (QED) is 0.480. The van der Waals surface area contributed by atoms with Gasteiger partial charge in [-0.3, -0.25) is 4.79 Å². The Morgan fingerprint density at radius 3 is 2.26 bits per heavy atom. The maximum Gasteiger partial charge on any atom is 0.197 e. The first-order valence-corrected chi connectivity index (χ1v) is 7.01. The van der Waals surface area contributed by atoms with Crippen molar-refractivity contribution >= 4 is 49.2 Å². The number of rotatable bonds is 2. The smallest absolute Gasteiger partial charge is 0.197 e. The summed E-state index contributed by atoms with van der Waals surface area (Å²) in [5.41, 5.74) is -0.000743. The van der Waals surface area contributed by atoms with Gasteiger partial charge in [0, 0.05) is 14.5 Å². The summed E-state index contributed by atoms with van der Waals surface area (Å²) in [7, 11) is 0. The molecule has 0 spiro atoms. The summed E-state index contributed by atoms with van der Waals surface area (Å²) >= 11 is 11.9. The lowest BCUT2D eigenvalue weighted by atomic mass is 10.0. The maximum absolute atomic E-state index is 13.9. The van der Waals surface area contributed by atoms with Crippen molar-refractivity contribution in [2.45, 2.75) is 0 Å². The lowest BCUT2D eigenvalue weighted by Crippen LogP contribution is -2.06. The van der Waals surface area contributed by atoms with Crippen molar-refractivity contribution in [3.8, 4) is 0 Å². The number of ketones is 1. The highest BCUT2D eigenvalue weighted by atomic mass is 79.9. The fourth-order valence-corrected chi connectivity index (χ4v) is 2.52. The maximum atomic E-state index is 13.9. The van der Waals surface area contributed by atoms with Crippen LogP contribution in [0, 0.1) is 11.6 Å². The molecule has 0 radical (unpaired) electrons. The number of carbonyl (C=O) groups excluding carboxylic acids is 1. The van der Waals surface area contributed by atoms with Gasteiger partial charge in [-0.25, -0.2) is 8.78 Å². The molecule has 0 atom stereocenters. The highest BCUT2D eigenvalue weighted by Gasteiger charge is 2.20. The Balaban J connectivity index is 2.53. The van der Waals surface area contributed by atoms with E-state index in [0.29, 0.717) is 4.47 Å². The van der Waals surface area contributed by atoms with Crippen LogP contribution < -0.4 is 0 Å². The summed E-state index contributed by atoms with van der Waals surface area (Å²) < 4.78 is 27.5. The van der Waals surface area contributed by atoms with E-state index in [1.807, 2.05) is 0 Å². The fraction of sp³-hybridized carbons (Fsp3) is 0. The van der Waals surface area contributed by atoms with Gasteiger partial charge in [-0.05, 0) is 62.2 Å². The van der Waals surface area contributed by atoms with Crippen LogP contribution in [0.15, 0.2) is 39.3 Å². The van der Waals surface area contributed by atoms with Gasteiger partial charge in [0.1, 0.15) is 5.82 Å². The number of carbonyl (C=O) groups is 1. The number of hydrogen-bond acceptors (Lipinski definition) is 1. The van der Waals surface area contributed by atoms with Gasteiger partial charge in [-0.2, -0.15) is 0 Å². The summed E-state index contributed by atoms with van der Waals surface area (Å²) in [6.07, 6.45) is 0. The Morgan fingerprint density at radius 1 is 1.00 bits per heavy atom. The molecule has 0 unspecified atom stereocenters. The van der Waals surface area contributed by atoms with Gasteiger partial charge in [0.05, 0.1) is 10.6 Å². The largest absolute Gasteiger partial charge is 0.288 e. The average Bonchev–Trinajstić information content (AvgIpc) is 2.35. The second-order valence-corrected chi connectivity index (χ2v) is 5.76. The van der Waals surface area contributed by atoms with Crippen molar-refractivity contribution in [3.63, 3.8) is 0 Å². The average molecular weight is 410 g/mol. The van der Waals surface area contributed by atoms with Gasteiger partial charge in [-0.1, -0.05) is 11.6 Å². The van der Waals surface area contributed by atoms with Crippen molar-refractivity contribution in [1.29, 1.82) is 0 Å². The monoisotopic (exact) mass is 408 g/mol. The first-order valence-electron chi connectivity index (χ1n) is 5.05. The predicted octanol–water partition coefficient (Wildman–Crippen LogP) is 5.37. The summed E-state index contributed by atoms with van der Waals surface area (Å²) in [5, 5.41) is -0.163. The normalized spacial score (nSPS) is 10.6. The lowest BCUT2D eigenvalue weighted by molar-refractivity contribution is 0.103. The highest BCUT2D eigenvalue weighted by molar-refractivity contribution is 9.10. The Kier molecular flexibility index (Phi) is 4.38. The van der Waals surface area contributed by atoms with Crippen molar-refractivity contribution in [3.05, 3.63) is 67.1 Å². The zero-order valence-electron chi connectivity index (χ0n) is 9.18. The Morgan fingerprint density at radius 2 is 1.63 bits per heavy atom. The summed E-state index contributed by atoms with van der Waals surface area (Å²) in [4.78, 5) is 12.2. The molecule has 98 valence electrons. The molecule has 0 fully saturated rings. The second-order valence-electron chi connectivity index (χ2n) is 3.68. The van der Waals surface area contributed by atoms with Crippen molar-refractivity contribution in [1.82, 2.24) is 0 Å². The molecule has 6 heteroatoms. The summed E-state index contributed by atoms with van der Waals surface area (Å²) in [5.74, 6) is -1.87. The van der Waals surface area contributed by atoms with Crippen LogP contribution in [0.5, 0.6) is 0 Å². The SMILES string of the molecule is O=C(c1ccc(F)cc1Br)c1ccc(Br)c(Cl)c1F. The number of halogens is 5. The van der Waals surface area contributed by atoms with E-state index in [2.05, 4.69) is 31.9 Å². The molecule has 0 heterocycles. The minimum absolute atomic E-state index is 0.163. The van der Waals surface area contributed by atoms with E-state index >= 15 is 0 Å². The Bertz CT molecular complexity index is 674. The standard InChI is InChI=1S/C13H5Br2ClF2O/c14-9-4-3-8(12(18)11(9)16)13(19)7-2-1-6(17)5-10(7)15/h1-5H. The van der Waals surface area contributed by atoms with Crippen LogP contribution in [0.3, 0.4) is 0 Å². The molecule has 0 saturated heterocycles. The highest BCUT2D eigenvalue weighted by Crippen LogP contribution is 2.30. The van der Waals surface area contributed by atoms with E-state index < -0.39 is 17.4 Å². The van der Waals surface area contributed by atoms with Crippen LogP contribution in [-0.2, 0) is 0 Å². The molecular formula is C13H5Br2ClF2O. The first-order chi connectivity index (χ1) is 8.91. The second kappa shape index (κ2) is 5.69. The molecule has 0 aliphatic heterocycles. The molecule has 0 aliphatic carbocycles. The van der Waals surface area contributed by atoms with Crippen LogP contribution in [0.4, 0.5) is 8.78 Å². The lowest BCUT2D eigenvalue weighted by Gasteiger charge is -2.07. The van der Waals surface area contributed by atoms with Gasteiger partial charge in [-0.15, -0.1) is 0 Å². The van der Waals surface area contributed by atoms with Gasteiger partial charge in [0.25, 0.3) is 0 Å². The van der Waals surface area contributed by atoms with E-state index in [1.54, 1.807) is 0 Å². The molecule has 0 amide bonds. The molecule has 0 aliphatic rings. The van der Waals surface area contributed by atoms with E-state index in [9.17, 15) is 13.6 Å². The van der Waals surface area contributed by atoms with Crippen molar-refractivity contribution < 1.29 is 13.6 Å². The third-order valence-electron chi connectivity index (χ3n) is 2.46. The third kappa shape index (κ3) is 2.88. The molecule has 2 rings (SSSR count). The molecule has 2 aromatic rings. The first kappa shape index (κ1) is 14.6. The van der Waals surface area contributed by atoms with Crippen LogP contribution in [0.2, 0.25) is 5.02 Å². The Labute approximate surface area is 129 Å². The van der Waals surface area contributed by atoms with Crippen LogP contribution in [0.1, 0.15) is 15.9 Å². The summed E-state index contributed by atoms with van der Waals surface area (Å²) in [6.45, 7) is 0. The minimum atomic E-state index is -0.808. The van der Waals surface area contributed by atoms with E-state index in [0.717, 1.165) is 12.1 Å². The van der Waals surface area contributed by atoms with Gasteiger partial charge >= 0.3 is 0 Å². The van der Waals surface area contributed by atoms with Gasteiger partial charge in [0.15, 0.2) is 11.6 Å². The molecule has 0 saturated carbocycles. The third-order valence-corrected chi connectivity index (χ3v) is 4.37. The number of hydrogen-bond donors (Lipinski definition) is 0. The van der Waals surface area contributed by atoms with Crippen LogP contribution in [-0.4, -0.2) is 5.78 Å². The van der Waals surface area contributed by atoms with Gasteiger partial charge in [0.2, 0.25) is 0 Å².